The molecule has 3 aromatic rings. The van der Waals surface area contributed by atoms with Crippen LogP contribution >= 0.6 is 0 Å². The molecule has 5 rings (SSSR count). The van der Waals surface area contributed by atoms with Crippen molar-refractivity contribution in [3.63, 3.8) is 0 Å². The zero-order valence-corrected chi connectivity index (χ0v) is 16.8. The summed E-state index contributed by atoms with van der Waals surface area (Å²) < 4.78 is 38.4. The van der Waals surface area contributed by atoms with Gasteiger partial charge in [-0.1, -0.05) is 24.3 Å². The SMILES string of the molecule is O=C1c2cccc3cccc(c23)N1CN1CCCN(c2ccc(C(F)(F)F)cn2)CC1. The Morgan fingerprint density at radius 2 is 1.74 bits per heavy atom. The van der Waals surface area contributed by atoms with Crippen LogP contribution in [-0.4, -0.2) is 48.6 Å². The molecule has 0 atom stereocenters. The minimum absolute atomic E-state index is 0.0114. The van der Waals surface area contributed by atoms with Gasteiger partial charge in [-0.2, -0.15) is 13.2 Å². The zero-order valence-electron chi connectivity index (χ0n) is 16.8. The predicted octanol–water partition coefficient (Wildman–Crippen LogP) is 4.38. The van der Waals surface area contributed by atoms with Crippen molar-refractivity contribution in [2.45, 2.75) is 12.6 Å². The Hall–Kier alpha value is -3.13. The number of carbonyl (C=O) groups excluding carboxylic acids is 1. The van der Waals surface area contributed by atoms with Gasteiger partial charge < -0.3 is 4.90 Å². The monoisotopic (exact) mass is 426 g/mol. The van der Waals surface area contributed by atoms with Gasteiger partial charge in [0.15, 0.2) is 0 Å². The van der Waals surface area contributed by atoms with Crippen LogP contribution < -0.4 is 9.80 Å². The molecule has 0 bridgehead atoms. The number of rotatable bonds is 3. The number of nitrogens with zero attached hydrogens (tertiary/aromatic N) is 4. The third kappa shape index (κ3) is 3.61. The van der Waals surface area contributed by atoms with Crippen molar-refractivity contribution < 1.29 is 18.0 Å². The first-order valence-electron chi connectivity index (χ1n) is 10.3. The molecule has 1 saturated heterocycles. The van der Waals surface area contributed by atoms with Gasteiger partial charge in [0.25, 0.3) is 5.91 Å². The number of halogens is 3. The molecule has 1 fully saturated rings. The molecular formula is C23H21F3N4O. The highest BCUT2D eigenvalue weighted by Crippen LogP contribution is 2.37. The molecule has 31 heavy (non-hydrogen) atoms. The highest BCUT2D eigenvalue weighted by atomic mass is 19.4. The molecule has 0 aliphatic carbocycles. The summed E-state index contributed by atoms with van der Waals surface area (Å²) in [5.74, 6) is 0.557. The molecule has 1 amide bonds. The van der Waals surface area contributed by atoms with E-state index in [0.29, 0.717) is 32.1 Å². The molecule has 0 radical (unpaired) electrons. The average Bonchev–Trinajstić information content (AvgIpc) is 2.92. The van der Waals surface area contributed by atoms with Crippen LogP contribution in [0.3, 0.4) is 0 Å². The maximum atomic E-state index is 13.0. The molecule has 8 heteroatoms. The number of amides is 1. The highest BCUT2D eigenvalue weighted by Gasteiger charge is 2.32. The largest absolute Gasteiger partial charge is 0.417 e. The summed E-state index contributed by atoms with van der Waals surface area (Å²) in [4.78, 5) is 23.1. The van der Waals surface area contributed by atoms with Gasteiger partial charge in [0.05, 0.1) is 17.9 Å². The van der Waals surface area contributed by atoms with Crippen molar-refractivity contribution >= 4 is 28.2 Å². The van der Waals surface area contributed by atoms with Gasteiger partial charge >= 0.3 is 6.18 Å². The van der Waals surface area contributed by atoms with Crippen LogP contribution in [0.4, 0.5) is 24.7 Å². The quantitative estimate of drug-likeness (QED) is 0.623. The minimum atomic E-state index is -4.39. The summed E-state index contributed by atoms with van der Waals surface area (Å²) in [6.45, 7) is 3.32. The van der Waals surface area contributed by atoms with Crippen molar-refractivity contribution in [2.24, 2.45) is 0 Å². The van der Waals surface area contributed by atoms with E-state index in [0.717, 1.165) is 47.3 Å². The molecule has 2 aliphatic rings. The van der Waals surface area contributed by atoms with Crippen LogP contribution in [0.2, 0.25) is 0 Å². The third-order valence-corrected chi connectivity index (χ3v) is 5.98. The smallest absolute Gasteiger partial charge is 0.355 e. The van der Waals surface area contributed by atoms with Gasteiger partial charge in [0.2, 0.25) is 0 Å². The topological polar surface area (TPSA) is 39.7 Å². The van der Waals surface area contributed by atoms with E-state index in [1.807, 2.05) is 46.2 Å². The number of carbonyl (C=O) groups is 1. The molecule has 0 spiro atoms. The van der Waals surface area contributed by atoms with Crippen LogP contribution in [0.1, 0.15) is 22.3 Å². The summed E-state index contributed by atoms with van der Waals surface area (Å²) in [6, 6.07) is 14.3. The van der Waals surface area contributed by atoms with E-state index in [4.69, 9.17) is 0 Å². The first-order chi connectivity index (χ1) is 14.9. The van der Waals surface area contributed by atoms with E-state index in [2.05, 4.69) is 9.88 Å². The second-order valence-electron chi connectivity index (χ2n) is 7.92. The molecule has 0 unspecified atom stereocenters. The molecule has 5 nitrogen and oxygen atoms in total. The van der Waals surface area contributed by atoms with Crippen molar-refractivity contribution in [3.05, 3.63) is 65.9 Å². The van der Waals surface area contributed by atoms with Crippen LogP contribution in [-0.2, 0) is 6.18 Å². The van der Waals surface area contributed by atoms with Crippen LogP contribution in [0.25, 0.3) is 10.8 Å². The van der Waals surface area contributed by atoms with Crippen molar-refractivity contribution in [1.82, 2.24) is 9.88 Å². The highest BCUT2D eigenvalue weighted by molar-refractivity contribution is 6.24. The Balaban J connectivity index is 1.29. The Kier molecular flexibility index (Phi) is 4.81. The number of anilines is 2. The minimum Gasteiger partial charge on any atom is -0.355 e. The second-order valence-corrected chi connectivity index (χ2v) is 7.92. The summed E-state index contributed by atoms with van der Waals surface area (Å²) in [7, 11) is 0. The Morgan fingerprint density at radius 1 is 0.935 bits per heavy atom. The molecule has 3 heterocycles. The normalized spacial score (nSPS) is 17.5. The van der Waals surface area contributed by atoms with Gasteiger partial charge in [0, 0.05) is 43.3 Å². The molecule has 0 N–H and O–H groups in total. The van der Waals surface area contributed by atoms with Gasteiger partial charge in [-0.25, -0.2) is 4.98 Å². The Bertz CT molecular complexity index is 1120. The number of alkyl halides is 3. The van der Waals surface area contributed by atoms with E-state index in [1.54, 1.807) is 0 Å². The van der Waals surface area contributed by atoms with Gasteiger partial charge in [-0.05, 0) is 36.1 Å². The number of benzene rings is 2. The number of aromatic nitrogens is 1. The van der Waals surface area contributed by atoms with Gasteiger partial charge in [0.1, 0.15) is 5.82 Å². The maximum Gasteiger partial charge on any atom is 0.417 e. The molecule has 0 saturated carbocycles. The van der Waals surface area contributed by atoms with E-state index < -0.39 is 11.7 Å². The maximum absolute atomic E-state index is 13.0. The van der Waals surface area contributed by atoms with Crippen molar-refractivity contribution in [3.8, 4) is 0 Å². The summed E-state index contributed by atoms with van der Waals surface area (Å²) >= 11 is 0. The Morgan fingerprint density at radius 3 is 2.48 bits per heavy atom. The number of pyridine rings is 1. The summed E-state index contributed by atoms with van der Waals surface area (Å²) in [5.41, 5.74) is 0.927. The first-order valence-corrected chi connectivity index (χ1v) is 10.3. The average molecular weight is 426 g/mol. The lowest BCUT2D eigenvalue weighted by molar-refractivity contribution is -0.137. The fourth-order valence-corrected chi connectivity index (χ4v) is 4.40. The van der Waals surface area contributed by atoms with E-state index >= 15 is 0 Å². The zero-order chi connectivity index (χ0) is 21.6. The lowest BCUT2D eigenvalue weighted by Crippen LogP contribution is -2.41. The van der Waals surface area contributed by atoms with Crippen LogP contribution in [0.15, 0.2) is 54.7 Å². The van der Waals surface area contributed by atoms with Crippen LogP contribution in [0, 0.1) is 0 Å². The third-order valence-electron chi connectivity index (χ3n) is 5.98. The summed E-state index contributed by atoms with van der Waals surface area (Å²) in [5, 5.41) is 2.06. The summed E-state index contributed by atoms with van der Waals surface area (Å²) in [6.07, 6.45) is -2.66. The lowest BCUT2D eigenvalue weighted by atomic mass is 10.1. The second kappa shape index (κ2) is 7.53. The molecule has 160 valence electrons. The van der Waals surface area contributed by atoms with Crippen LogP contribution in [0.5, 0.6) is 0 Å². The lowest BCUT2D eigenvalue weighted by Gasteiger charge is -2.27. The van der Waals surface area contributed by atoms with Gasteiger partial charge in [-0.3, -0.25) is 14.6 Å². The van der Waals surface area contributed by atoms with Crippen molar-refractivity contribution in [1.29, 1.82) is 0 Å². The van der Waals surface area contributed by atoms with E-state index in [1.165, 1.54) is 6.07 Å². The number of hydrogen-bond donors (Lipinski definition) is 0. The van der Waals surface area contributed by atoms with Gasteiger partial charge in [-0.15, -0.1) is 0 Å². The predicted molar refractivity (Wildman–Crippen MR) is 113 cm³/mol. The standard InChI is InChI=1S/C23H21F3N4O/c24-23(25,26)17-8-9-20(27-14-17)29-11-3-10-28(12-13-29)15-30-19-7-2-5-16-4-1-6-18(21(16)19)22(30)31/h1-2,4-9,14H,3,10-13,15H2. The number of hydrogen-bond acceptors (Lipinski definition) is 4. The molecule has 2 aliphatic heterocycles. The fraction of sp³-hybridized carbons (Fsp3) is 0.304. The van der Waals surface area contributed by atoms with E-state index in [-0.39, 0.29) is 5.91 Å². The van der Waals surface area contributed by atoms with Crippen molar-refractivity contribution in [2.75, 3.05) is 42.6 Å². The molecular weight excluding hydrogens is 405 g/mol. The molecule has 2 aromatic carbocycles. The first kappa shape index (κ1) is 19.8. The fourth-order valence-electron chi connectivity index (χ4n) is 4.40. The Labute approximate surface area is 177 Å². The molecule has 1 aromatic heterocycles. The van der Waals surface area contributed by atoms with E-state index in [9.17, 15) is 18.0 Å².